The average Bonchev–Trinajstić information content (AvgIpc) is 3.18. The molecular weight excluding hydrogens is 430 g/mol. The first kappa shape index (κ1) is 23.5. The van der Waals surface area contributed by atoms with Gasteiger partial charge in [0.1, 0.15) is 5.60 Å². The highest BCUT2D eigenvalue weighted by Crippen LogP contribution is 2.18. The van der Waals surface area contributed by atoms with Crippen molar-refractivity contribution in [1.82, 2.24) is 14.8 Å². The van der Waals surface area contributed by atoms with E-state index in [1.807, 2.05) is 44.4 Å². The number of amides is 4. The van der Waals surface area contributed by atoms with Gasteiger partial charge in [-0.05, 0) is 39.3 Å². The zero-order chi connectivity index (χ0) is 23.1. The normalized spacial score (nSPS) is 14.1. The van der Waals surface area contributed by atoms with Crippen LogP contribution in [0.1, 0.15) is 32.9 Å². The number of aromatic nitrogens is 1. The van der Waals surface area contributed by atoms with Crippen molar-refractivity contribution in [3.8, 4) is 0 Å². The van der Waals surface area contributed by atoms with Crippen molar-refractivity contribution in [1.29, 1.82) is 0 Å². The van der Waals surface area contributed by atoms with Crippen LogP contribution >= 0.6 is 11.3 Å². The van der Waals surface area contributed by atoms with Crippen LogP contribution in [-0.2, 0) is 16.0 Å². The summed E-state index contributed by atoms with van der Waals surface area (Å²) in [5, 5.41) is 7.76. The summed E-state index contributed by atoms with van der Waals surface area (Å²) in [5.41, 5.74) is 0.915. The van der Waals surface area contributed by atoms with Crippen molar-refractivity contribution in [2.24, 2.45) is 0 Å². The van der Waals surface area contributed by atoms with Crippen LogP contribution in [0.3, 0.4) is 0 Å². The van der Waals surface area contributed by atoms with Crippen LogP contribution in [0.4, 0.5) is 20.4 Å². The zero-order valence-corrected chi connectivity index (χ0v) is 19.4. The smallest absolute Gasteiger partial charge is 0.410 e. The molecule has 2 aromatic rings. The summed E-state index contributed by atoms with van der Waals surface area (Å²) in [6.07, 6.45) is 0.471. The Morgan fingerprint density at radius 1 is 1.03 bits per heavy atom. The molecule has 0 bridgehead atoms. The molecule has 3 rings (SSSR count). The average molecular weight is 460 g/mol. The Morgan fingerprint density at radius 3 is 2.34 bits per heavy atom. The van der Waals surface area contributed by atoms with Crippen molar-refractivity contribution in [3.63, 3.8) is 0 Å². The largest absolute Gasteiger partial charge is 0.444 e. The van der Waals surface area contributed by atoms with Crippen molar-refractivity contribution in [2.75, 3.05) is 36.8 Å². The molecular formula is C22H29N5O4S. The second-order valence-electron chi connectivity index (χ2n) is 8.44. The van der Waals surface area contributed by atoms with Crippen LogP contribution in [0.25, 0.3) is 0 Å². The van der Waals surface area contributed by atoms with Crippen LogP contribution < -0.4 is 10.6 Å². The van der Waals surface area contributed by atoms with E-state index < -0.39 is 5.60 Å². The fourth-order valence-electron chi connectivity index (χ4n) is 3.12. The van der Waals surface area contributed by atoms with Crippen LogP contribution in [0.15, 0.2) is 35.7 Å². The molecule has 2 heterocycles. The fourth-order valence-corrected chi connectivity index (χ4v) is 3.86. The van der Waals surface area contributed by atoms with E-state index in [2.05, 4.69) is 15.6 Å². The number of rotatable bonds is 5. The Balaban J connectivity index is 1.40. The second kappa shape index (κ2) is 10.4. The highest BCUT2D eigenvalue weighted by Gasteiger charge is 2.27. The molecule has 9 nitrogen and oxygen atoms in total. The van der Waals surface area contributed by atoms with Crippen molar-refractivity contribution in [2.45, 2.75) is 39.2 Å². The summed E-state index contributed by atoms with van der Waals surface area (Å²) in [5.74, 6) is 0.0261. The van der Waals surface area contributed by atoms with Crippen molar-refractivity contribution >= 4 is 40.2 Å². The lowest BCUT2D eigenvalue weighted by Crippen LogP contribution is -2.51. The molecule has 0 spiro atoms. The Hall–Kier alpha value is -3.14. The van der Waals surface area contributed by atoms with Gasteiger partial charge in [0.05, 0.1) is 5.69 Å². The molecule has 1 aromatic heterocycles. The van der Waals surface area contributed by atoms with Gasteiger partial charge in [-0.15, -0.1) is 11.3 Å². The molecule has 2 N–H and O–H groups in total. The topological polar surface area (TPSA) is 104 Å². The monoisotopic (exact) mass is 459 g/mol. The Kier molecular flexibility index (Phi) is 7.68. The molecule has 0 aliphatic carbocycles. The first-order valence-corrected chi connectivity index (χ1v) is 11.4. The van der Waals surface area contributed by atoms with E-state index in [0.717, 1.165) is 5.69 Å². The number of carbonyl (C=O) groups is 3. The molecule has 1 aliphatic heterocycles. The maximum absolute atomic E-state index is 12.6. The van der Waals surface area contributed by atoms with E-state index >= 15 is 0 Å². The van der Waals surface area contributed by atoms with E-state index in [0.29, 0.717) is 49.8 Å². The predicted molar refractivity (Wildman–Crippen MR) is 124 cm³/mol. The fraction of sp³-hybridized carbons (Fsp3) is 0.455. The van der Waals surface area contributed by atoms with E-state index in [-0.39, 0.29) is 18.0 Å². The number of nitrogens with zero attached hydrogens (tertiary/aromatic N) is 3. The number of para-hydroxylation sites is 1. The van der Waals surface area contributed by atoms with Crippen LogP contribution in [0.5, 0.6) is 0 Å². The van der Waals surface area contributed by atoms with Gasteiger partial charge in [0.25, 0.3) is 0 Å². The van der Waals surface area contributed by atoms with Gasteiger partial charge >= 0.3 is 12.1 Å². The predicted octanol–water partition coefficient (Wildman–Crippen LogP) is 3.80. The third-order valence-electron chi connectivity index (χ3n) is 4.68. The number of benzene rings is 1. The van der Waals surface area contributed by atoms with Gasteiger partial charge in [-0.25, -0.2) is 14.6 Å². The third-order valence-corrected chi connectivity index (χ3v) is 5.49. The van der Waals surface area contributed by atoms with Crippen LogP contribution in [0, 0.1) is 0 Å². The van der Waals surface area contributed by atoms with E-state index in [9.17, 15) is 14.4 Å². The lowest BCUT2D eigenvalue weighted by molar-refractivity contribution is -0.132. The van der Waals surface area contributed by atoms with Gasteiger partial charge in [-0.3, -0.25) is 10.1 Å². The number of ether oxygens (including phenoxy) is 1. The Bertz CT molecular complexity index is 933. The molecule has 0 saturated carbocycles. The van der Waals surface area contributed by atoms with Crippen LogP contribution in [0.2, 0.25) is 0 Å². The van der Waals surface area contributed by atoms with Gasteiger partial charge in [0.15, 0.2) is 5.13 Å². The maximum atomic E-state index is 12.6. The molecule has 10 heteroatoms. The van der Waals surface area contributed by atoms with E-state index in [1.165, 1.54) is 11.3 Å². The van der Waals surface area contributed by atoms with E-state index in [4.69, 9.17) is 4.74 Å². The van der Waals surface area contributed by atoms with Crippen molar-refractivity contribution in [3.05, 3.63) is 41.4 Å². The molecule has 1 fully saturated rings. The number of hydrogen-bond acceptors (Lipinski definition) is 6. The number of piperazine rings is 1. The van der Waals surface area contributed by atoms with Crippen LogP contribution in [-0.4, -0.2) is 64.6 Å². The number of urea groups is 1. The number of aryl methyl sites for hydroxylation is 1. The first-order valence-electron chi connectivity index (χ1n) is 10.5. The number of thiazole rings is 1. The maximum Gasteiger partial charge on any atom is 0.410 e. The lowest BCUT2D eigenvalue weighted by atomic mass is 10.2. The summed E-state index contributed by atoms with van der Waals surface area (Å²) in [4.78, 5) is 44.5. The Morgan fingerprint density at radius 2 is 1.69 bits per heavy atom. The zero-order valence-electron chi connectivity index (χ0n) is 18.6. The van der Waals surface area contributed by atoms with Gasteiger partial charge in [-0.2, -0.15) is 0 Å². The molecule has 1 aliphatic rings. The minimum Gasteiger partial charge on any atom is -0.444 e. The highest BCUT2D eigenvalue weighted by molar-refractivity contribution is 7.13. The highest BCUT2D eigenvalue weighted by atomic mass is 32.1. The van der Waals surface area contributed by atoms with Gasteiger partial charge in [-0.1, -0.05) is 18.2 Å². The molecule has 0 atom stereocenters. The van der Waals surface area contributed by atoms with Gasteiger partial charge < -0.3 is 19.9 Å². The first-order chi connectivity index (χ1) is 15.2. The van der Waals surface area contributed by atoms with E-state index in [1.54, 1.807) is 21.9 Å². The molecule has 1 saturated heterocycles. The van der Waals surface area contributed by atoms with Gasteiger partial charge in [0.2, 0.25) is 5.91 Å². The summed E-state index contributed by atoms with van der Waals surface area (Å²) in [6, 6.07) is 8.78. The summed E-state index contributed by atoms with van der Waals surface area (Å²) in [7, 11) is 0. The van der Waals surface area contributed by atoms with Gasteiger partial charge in [0, 0.05) is 43.7 Å². The molecule has 4 amide bonds. The summed E-state index contributed by atoms with van der Waals surface area (Å²) < 4.78 is 5.38. The summed E-state index contributed by atoms with van der Waals surface area (Å²) in [6.45, 7) is 7.40. The number of hydrogen-bond donors (Lipinski definition) is 2. The molecule has 172 valence electrons. The second-order valence-corrected chi connectivity index (χ2v) is 9.30. The molecule has 0 radical (unpaired) electrons. The SMILES string of the molecule is CC(C)(C)OC(=O)N1CCN(C(=O)CCc2csc(NC(=O)Nc3ccccc3)n2)CC1. The minimum atomic E-state index is -0.534. The third kappa shape index (κ3) is 7.23. The standard InChI is InChI=1S/C22H29N5O4S/c1-22(2,3)31-21(30)27-13-11-26(12-14-27)18(28)10-9-17-15-32-20(24-17)25-19(29)23-16-7-5-4-6-8-16/h4-8,15H,9-14H2,1-3H3,(H2,23,24,25,29). The number of nitrogens with one attached hydrogen (secondary N) is 2. The molecule has 32 heavy (non-hydrogen) atoms. The van der Waals surface area contributed by atoms with Crippen molar-refractivity contribution < 1.29 is 19.1 Å². The number of carbonyl (C=O) groups excluding carboxylic acids is 3. The number of anilines is 2. The minimum absolute atomic E-state index is 0.0261. The molecule has 0 unspecified atom stereocenters. The Labute approximate surface area is 191 Å². The molecule has 1 aromatic carbocycles. The summed E-state index contributed by atoms with van der Waals surface area (Å²) >= 11 is 1.32. The lowest BCUT2D eigenvalue weighted by Gasteiger charge is -2.35. The quantitative estimate of drug-likeness (QED) is 0.708.